The van der Waals surface area contributed by atoms with Gasteiger partial charge >= 0.3 is 0 Å². The Morgan fingerprint density at radius 2 is 1.60 bits per heavy atom. The molecule has 0 unspecified atom stereocenters. The van der Waals surface area contributed by atoms with Gasteiger partial charge in [0.15, 0.2) is 0 Å². The second-order valence-corrected chi connectivity index (χ2v) is 7.64. The molecule has 1 aliphatic heterocycles. The monoisotopic (exact) mass is 342 g/mol. The Balaban J connectivity index is 1.42. The van der Waals surface area contributed by atoms with E-state index in [0.29, 0.717) is 12.5 Å². The zero-order valence-corrected chi connectivity index (χ0v) is 15.3. The lowest BCUT2D eigenvalue weighted by atomic mass is 9.87. The summed E-state index contributed by atoms with van der Waals surface area (Å²) in [4.78, 5) is 27.0. The summed E-state index contributed by atoms with van der Waals surface area (Å²) in [5.41, 5.74) is 2.36. The minimum absolute atomic E-state index is 0.0425. The number of hydrogen-bond acceptors (Lipinski definition) is 2. The first-order valence-corrected chi connectivity index (χ1v) is 9.75. The summed E-state index contributed by atoms with van der Waals surface area (Å²) in [6.45, 7) is 4.11. The van der Waals surface area contributed by atoms with Gasteiger partial charge in [-0.05, 0) is 38.2 Å². The zero-order valence-electron chi connectivity index (χ0n) is 15.3. The first-order chi connectivity index (χ1) is 12.1. The Bertz CT molecular complexity index is 582. The van der Waals surface area contributed by atoms with E-state index in [0.717, 1.165) is 44.3 Å². The number of hydrogen-bond donors (Lipinski definition) is 1. The Labute approximate surface area is 151 Å². The fraction of sp³-hybridized carbons (Fsp3) is 0.619. The number of carbonyl (C=O) groups is 2. The van der Waals surface area contributed by atoms with E-state index in [9.17, 15) is 9.59 Å². The SMILES string of the molecule is Cc1ccc(CNC(=O)C2CCN(C(=O)C3CCCCC3)CC2)cc1. The highest BCUT2D eigenvalue weighted by molar-refractivity contribution is 5.81. The maximum absolute atomic E-state index is 12.6. The van der Waals surface area contributed by atoms with Crippen molar-refractivity contribution in [2.75, 3.05) is 13.1 Å². The average molecular weight is 342 g/mol. The standard InChI is InChI=1S/C21H30N2O2/c1-16-7-9-17(10-8-16)15-22-20(24)18-11-13-23(14-12-18)21(25)19-5-3-2-4-6-19/h7-10,18-19H,2-6,11-15H2,1H3,(H,22,24). The van der Waals surface area contributed by atoms with Crippen molar-refractivity contribution in [3.63, 3.8) is 0 Å². The van der Waals surface area contributed by atoms with Crippen molar-refractivity contribution in [2.24, 2.45) is 11.8 Å². The average Bonchev–Trinajstić information content (AvgIpc) is 2.67. The smallest absolute Gasteiger partial charge is 0.225 e. The van der Waals surface area contributed by atoms with E-state index < -0.39 is 0 Å². The van der Waals surface area contributed by atoms with Gasteiger partial charge in [-0.3, -0.25) is 9.59 Å². The molecule has 1 aromatic carbocycles. The molecule has 0 aromatic heterocycles. The predicted octanol–water partition coefficient (Wildman–Crippen LogP) is 3.43. The van der Waals surface area contributed by atoms with Crippen LogP contribution >= 0.6 is 0 Å². The van der Waals surface area contributed by atoms with E-state index in [2.05, 4.69) is 36.5 Å². The highest BCUT2D eigenvalue weighted by Gasteiger charge is 2.31. The van der Waals surface area contributed by atoms with Crippen LogP contribution in [0.15, 0.2) is 24.3 Å². The molecule has 2 fully saturated rings. The molecule has 3 rings (SSSR count). The van der Waals surface area contributed by atoms with E-state index in [-0.39, 0.29) is 17.7 Å². The Hall–Kier alpha value is -1.84. The van der Waals surface area contributed by atoms with Crippen molar-refractivity contribution >= 4 is 11.8 Å². The van der Waals surface area contributed by atoms with Crippen molar-refractivity contribution in [3.8, 4) is 0 Å². The largest absolute Gasteiger partial charge is 0.352 e. The summed E-state index contributed by atoms with van der Waals surface area (Å²) in [5, 5.41) is 3.05. The van der Waals surface area contributed by atoms with Crippen LogP contribution in [0.4, 0.5) is 0 Å². The lowest BCUT2D eigenvalue weighted by Gasteiger charge is -2.34. The maximum atomic E-state index is 12.6. The van der Waals surface area contributed by atoms with Gasteiger partial charge in [0.2, 0.25) is 11.8 Å². The van der Waals surface area contributed by atoms with E-state index in [1.807, 2.05) is 4.90 Å². The first kappa shape index (κ1) is 18.0. The molecule has 4 heteroatoms. The van der Waals surface area contributed by atoms with E-state index in [4.69, 9.17) is 0 Å². The lowest BCUT2D eigenvalue weighted by Crippen LogP contribution is -2.45. The number of benzene rings is 1. The normalized spacial score (nSPS) is 19.6. The van der Waals surface area contributed by atoms with Crippen LogP contribution in [0.3, 0.4) is 0 Å². The summed E-state index contributed by atoms with van der Waals surface area (Å²) in [6, 6.07) is 8.25. The van der Waals surface area contributed by atoms with Gasteiger partial charge in [0.1, 0.15) is 0 Å². The molecule has 1 heterocycles. The van der Waals surface area contributed by atoms with Crippen molar-refractivity contribution in [1.82, 2.24) is 10.2 Å². The molecule has 0 atom stereocenters. The number of rotatable bonds is 4. The first-order valence-electron chi connectivity index (χ1n) is 9.75. The second kappa shape index (κ2) is 8.50. The second-order valence-electron chi connectivity index (χ2n) is 7.64. The molecule has 2 aliphatic rings. The molecule has 136 valence electrons. The van der Waals surface area contributed by atoms with E-state index in [1.165, 1.54) is 24.8 Å². The van der Waals surface area contributed by atoms with Crippen LogP contribution in [-0.2, 0) is 16.1 Å². The molecule has 1 N–H and O–H groups in total. The minimum atomic E-state index is 0.0425. The number of nitrogens with one attached hydrogen (secondary N) is 1. The minimum Gasteiger partial charge on any atom is -0.352 e. The zero-order chi connectivity index (χ0) is 17.6. The molecule has 0 radical (unpaired) electrons. The number of likely N-dealkylation sites (tertiary alicyclic amines) is 1. The van der Waals surface area contributed by atoms with Crippen LogP contribution in [0, 0.1) is 18.8 Å². The molecular weight excluding hydrogens is 312 g/mol. The number of nitrogens with zero attached hydrogens (tertiary/aromatic N) is 1. The number of piperidine rings is 1. The van der Waals surface area contributed by atoms with Gasteiger partial charge in [0.05, 0.1) is 0 Å². The Morgan fingerprint density at radius 1 is 0.960 bits per heavy atom. The van der Waals surface area contributed by atoms with Gasteiger partial charge in [0, 0.05) is 31.5 Å². The van der Waals surface area contributed by atoms with Crippen LogP contribution in [0.1, 0.15) is 56.1 Å². The summed E-state index contributed by atoms with van der Waals surface area (Å²) in [6.07, 6.45) is 7.33. The summed E-state index contributed by atoms with van der Waals surface area (Å²) in [5.74, 6) is 0.741. The fourth-order valence-corrected chi connectivity index (χ4v) is 4.01. The molecule has 4 nitrogen and oxygen atoms in total. The van der Waals surface area contributed by atoms with Crippen molar-refractivity contribution < 1.29 is 9.59 Å². The molecule has 1 saturated carbocycles. The number of amides is 2. The molecule has 2 amide bonds. The molecule has 1 saturated heterocycles. The van der Waals surface area contributed by atoms with E-state index in [1.54, 1.807) is 0 Å². The lowest BCUT2D eigenvalue weighted by molar-refractivity contribution is -0.140. The van der Waals surface area contributed by atoms with Crippen molar-refractivity contribution in [2.45, 2.75) is 58.4 Å². The molecule has 1 aliphatic carbocycles. The Morgan fingerprint density at radius 3 is 2.24 bits per heavy atom. The third-order valence-corrected chi connectivity index (χ3v) is 5.72. The molecule has 0 bridgehead atoms. The highest BCUT2D eigenvalue weighted by atomic mass is 16.2. The molecule has 0 spiro atoms. The third kappa shape index (κ3) is 4.83. The van der Waals surface area contributed by atoms with Gasteiger partial charge in [-0.1, -0.05) is 49.1 Å². The molecular formula is C21H30N2O2. The highest BCUT2D eigenvalue weighted by Crippen LogP contribution is 2.27. The van der Waals surface area contributed by atoms with Gasteiger partial charge in [-0.15, -0.1) is 0 Å². The van der Waals surface area contributed by atoms with Gasteiger partial charge in [-0.25, -0.2) is 0 Å². The summed E-state index contributed by atoms with van der Waals surface area (Å²) < 4.78 is 0. The number of aryl methyl sites for hydroxylation is 1. The topological polar surface area (TPSA) is 49.4 Å². The van der Waals surface area contributed by atoms with Crippen molar-refractivity contribution in [1.29, 1.82) is 0 Å². The van der Waals surface area contributed by atoms with Gasteiger partial charge in [-0.2, -0.15) is 0 Å². The Kier molecular flexibility index (Phi) is 6.11. The van der Waals surface area contributed by atoms with Crippen molar-refractivity contribution in [3.05, 3.63) is 35.4 Å². The van der Waals surface area contributed by atoms with Crippen LogP contribution in [0.25, 0.3) is 0 Å². The van der Waals surface area contributed by atoms with Gasteiger partial charge < -0.3 is 10.2 Å². The van der Waals surface area contributed by atoms with Crippen LogP contribution < -0.4 is 5.32 Å². The predicted molar refractivity (Wildman–Crippen MR) is 98.9 cm³/mol. The van der Waals surface area contributed by atoms with Crippen LogP contribution in [0.2, 0.25) is 0 Å². The summed E-state index contributed by atoms with van der Waals surface area (Å²) >= 11 is 0. The molecule has 25 heavy (non-hydrogen) atoms. The van der Waals surface area contributed by atoms with E-state index >= 15 is 0 Å². The number of carbonyl (C=O) groups excluding carboxylic acids is 2. The molecule has 1 aromatic rings. The summed E-state index contributed by atoms with van der Waals surface area (Å²) in [7, 11) is 0. The maximum Gasteiger partial charge on any atom is 0.225 e. The quantitative estimate of drug-likeness (QED) is 0.911. The van der Waals surface area contributed by atoms with Gasteiger partial charge in [0.25, 0.3) is 0 Å². The van der Waals surface area contributed by atoms with Crippen LogP contribution in [0.5, 0.6) is 0 Å². The third-order valence-electron chi connectivity index (χ3n) is 5.72. The van der Waals surface area contributed by atoms with Crippen LogP contribution in [-0.4, -0.2) is 29.8 Å². The fourth-order valence-electron chi connectivity index (χ4n) is 4.01.